The van der Waals surface area contributed by atoms with Gasteiger partial charge in [0.2, 0.25) is 0 Å². The molecule has 0 aromatic carbocycles. The van der Waals surface area contributed by atoms with Crippen molar-refractivity contribution >= 4 is 23.6 Å². The summed E-state index contributed by atoms with van der Waals surface area (Å²) >= 11 is 1.06. The quantitative estimate of drug-likeness (QED) is 0.728. The molecule has 2 heterocycles. The number of hydrogen-bond donors (Lipinski definition) is 1. The van der Waals surface area contributed by atoms with Gasteiger partial charge in [0.15, 0.2) is 5.82 Å². The van der Waals surface area contributed by atoms with Gasteiger partial charge >= 0.3 is 5.97 Å². The summed E-state index contributed by atoms with van der Waals surface area (Å²) in [4.78, 5) is 18.7. The van der Waals surface area contributed by atoms with E-state index in [1.807, 2.05) is 0 Å². The fourth-order valence-corrected chi connectivity index (χ4v) is 1.82. The third-order valence-electron chi connectivity index (χ3n) is 1.77. The Kier molecular flexibility index (Phi) is 2.45. The number of nitrogens with zero attached hydrogens (tertiary/aromatic N) is 3. The highest BCUT2D eigenvalue weighted by Crippen LogP contribution is 2.26. The van der Waals surface area contributed by atoms with E-state index >= 15 is 0 Å². The minimum atomic E-state index is -0.843. The number of hydrogen-bond acceptors (Lipinski definition) is 5. The van der Waals surface area contributed by atoms with E-state index < -0.39 is 11.2 Å². The van der Waals surface area contributed by atoms with Crippen LogP contribution in [0, 0.1) is 0 Å². The molecular formula is C8H7N3O2S. The van der Waals surface area contributed by atoms with Gasteiger partial charge in [-0.05, 0) is 18.0 Å². The molecule has 0 fully saturated rings. The van der Waals surface area contributed by atoms with E-state index in [0.29, 0.717) is 18.0 Å². The smallest absolute Gasteiger partial charge is 0.318 e. The molecule has 1 unspecified atom stereocenters. The van der Waals surface area contributed by atoms with E-state index in [1.54, 1.807) is 18.5 Å². The molecule has 1 aromatic rings. The van der Waals surface area contributed by atoms with Crippen LogP contribution < -0.4 is 0 Å². The second-order valence-electron chi connectivity index (χ2n) is 2.75. The molecule has 1 aliphatic heterocycles. The summed E-state index contributed by atoms with van der Waals surface area (Å²) in [5.41, 5.74) is 0.656. The standard InChI is InChI=1S/C8H7N3O2S/c12-8(13)6-4-5(11-14-6)7-9-2-1-3-10-7/h1-3,6H,4H2,(H,12,13). The third kappa shape index (κ3) is 1.74. The molecule has 0 saturated heterocycles. The van der Waals surface area contributed by atoms with Gasteiger partial charge in [-0.25, -0.2) is 14.4 Å². The zero-order valence-electron chi connectivity index (χ0n) is 7.12. The van der Waals surface area contributed by atoms with Crippen molar-refractivity contribution in [1.29, 1.82) is 0 Å². The van der Waals surface area contributed by atoms with Crippen LogP contribution in [0.5, 0.6) is 0 Å². The largest absolute Gasteiger partial charge is 0.480 e. The minimum absolute atomic E-state index is 0.393. The third-order valence-corrected chi connectivity index (χ3v) is 2.72. The van der Waals surface area contributed by atoms with Gasteiger partial charge < -0.3 is 5.11 Å². The van der Waals surface area contributed by atoms with Crippen LogP contribution in [0.25, 0.3) is 0 Å². The van der Waals surface area contributed by atoms with Crippen LogP contribution >= 0.6 is 11.9 Å². The van der Waals surface area contributed by atoms with Crippen molar-refractivity contribution in [2.75, 3.05) is 0 Å². The number of carbonyl (C=O) groups is 1. The van der Waals surface area contributed by atoms with Gasteiger partial charge in [-0.2, -0.15) is 0 Å². The molecule has 72 valence electrons. The molecule has 1 aliphatic rings. The van der Waals surface area contributed by atoms with Crippen molar-refractivity contribution in [3.05, 3.63) is 24.3 Å². The average molecular weight is 209 g/mol. The van der Waals surface area contributed by atoms with Crippen LogP contribution in [0.1, 0.15) is 12.2 Å². The topological polar surface area (TPSA) is 75.4 Å². The van der Waals surface area contributed by atoms with E-state index in [2.05, 4.69) is 14.4 Å². The Morgan fingerprint density at radius 3 is 2.79 bits per heavy atom. The minimum Gasteiger partial charge on any atom is -0.480 e. The highest BCUT2D eigenvalue weighted by molar-refractivity contribution is 7.99. The molecule has 0 spiro atoms. The lowest BCUT2D eigenvalue weighted by Crippen LogP contribution is -2.16. The van der Waals surface area contributed by atoms with Crippen LogP contribution in [-0.4, -0.2) is 32.0 Å². The maximum Gasteiger partial charge on any atom is 0.318 e. The van der Waals surface area contributed by atoms with Crippen molar-refractivity contribution in [3.63, 3.8) is 0 Å². The second kappa shape index (κ2) is 3.75. The highest BCUT2D eigenvalue weighted by Gasteiger charge is 2.28. The molecule has 0 saturated carbocycles. The van der Waals surface area contributed by atoms with Gasteiger partial charge in [0.25, 0.3) is 0 Å². The van der Waals surface area contributed by atoms with Gasteiger partial charge in [0.1, 0.15) is 5.25 Å². The molecule has 1 atom stereocenters. The van der Waals surface area contributed by atoms with E-state index in [4.69, 9.17) is 5.11 Å². The van der Waals surface area contributed by atoms with Gasteiger partial charge in [-0.3, -0.25) is 4.79 Å². The molecule has 1 aromatic heterocycles. The summed E-state index contributed by atoms with van der Waals surface area (Å²) in [5, 5.41) is 8.25. The summed E-state index contributed by atoms with van der Waals surface area (Å²) in [6.45, 7) is 0. The van der Waals surface area contributed by atoms with Crippen molar-refractivity contribution in [1.82, 2.24) is 9.97 Å². The Morgan fingerprint density at radius 1 is 1.50 bits per heavy atom. The Labute approximate surface area is 84.4 Å². The molecule has 1 N–H and O–H groups in total. The van der Waals surface area contributed by atoms with Gasteiger partial charge in [-0.1, -0.05) is 0 Å². The van der Waals surface area contributed by atoms with Crippen LogP contribution in [0.15, 0.2) is 22.9 Å². The van der Waals surface area contributed by atoms with Crippen molar-refractivity contribution in [2.24, 2.45) is 4.40 Å². The molecule has 0 bridgehead atoms. The van der Waals surface area contributed by atoms with Crippen LogP contribution in [-0.2, 0) is 4.79 Å². The summed E-state index contributed by atoms with van der Waals surface area (Å²) < 4.78 is 4.04. The first kappa shape index (κ1) is 9.14. The highest BCUT2D eigenvalue weighted by atomic mass is 32.2. The SMILES string of the molecule is O=C(O)C1CC(c2ncccn2)=NS1. The monoisotopic (exact) mass is 209 g/mol. The summed E-state index contributed by atoms with van der Waals surface area (Å²) in [7, 11) is 0. The van der Waals surface area contributed by atoms with Gasteiger partial charge in [-0.15, -0.1) is 0 Å². The fourth-order valence-electron chi connectivity index (χ4n) is 1.09. The Hall–Kier alpha value is -1.43. The first-order valence-electron chi connectivity index (χ1n) is 4.00. The molecule has 0 amide bonds. The predicted molar refractivity (Wildman–Crippen MR) is 52.2 cm³/mol. The van der Waals surface area contributed by atoms with Crippen molar-refractivity contribution in [2.45, 2.75) is 11.7 Å². The lowest BCUT2D eigenvalue weighted by molar-refractivity contribution is -0.136. The molecule has 5 nitrogen and oxygen atoms in total. The van der Waals surface area contributed by atoms with E-state index in [-0.39, 0.29) is 0 Å². The summed E-state index contributed by atoms with van der Waals surface area (Å²) in [6, 6.07) is 1.71. The summed E-state index contributed by atoms with van der Waals surface area (Å²) in [5.74, 6) is -0.326. The molecule has 14 heavy (non-hydrogen) atoms. The first-order valence-corrected chi connectivity index (χ1v) is 4.84. The zero-order chi connectivity index (χ0) is 9.97. The fraction of sp³-hybridized carbons (Fsp3) is 0.250. The molecule has 2 rings (SSSR count). The lowest BCUT2D eigenvalue weighted by Gasteiger charge is -1.99. The van der Waals surface area contributed by atoms with E-state index in [1.165, 1.54) is 0 Å². The van der Waals surface area contributed by atoms with Crippen LogP contribution in [0.4, 0.5) is 0 Å². The number of aliphatic carboxylic acids is 1. The number of aromatic nitrogens is 2. The van der Waals surface area contributed by atoms with E-state index in [0.717, 1.165) is 11.9 Å². The number of carboxylic acid groups (broad SMARTS) is 1. The Morgan fingerprint density at radius 2 is 2.21 bits per heavy atom. The number of rotatable bonds is 2. The maximum atomic E-state index is 10.6. The first-order chi connectivity index (χ1) is 6.77. The maximum absolute atomic E-state index is 10.6. The predicted octanol–water partition coefficient (Wildman–Crippen LogP) is 0.771. The van der Waals surface area contributed by atoms with Gasteiger partial charge in [0.05, 0.1) is 5.71 Å². The van der Waals surface area contributed by atoms with E-state index in [9.17, 15) is 4.79 Å². The van der Waals surface area contributed by atoms with Crippen molar-refractivity contribution < 1.29 is 9.90 Å². The molecule has 0 radical (unpaired) electrons. The Balaban J connectivity index is 2.13. The lowest BCUT2D eigenvalue weighted by atomic mass is 10.2. The summed E-state index contributed by atoms with van der Waals surface area (Å²) in [6.07, 6.45) is 3.62. The molecule has 0 aliphatic carbocycles. The zero-order valence-corrected chi connectivity index (χ0v) is 7.94. The second-order valence-corrected chi connectivity index (χ2v) is 3.71. The van der Waals surface area contributed by atoms with Crippen LogP contribution in [0.2, 0.25) is 0 Å². The van der Waals surface area contributed by atoms with Crippen molar-refractivity contribution in [3.8, 4) is 0 Å². The molecular weight excluding hydrogens is 202 g/mol. The molecule has 6 heteroatoms. The Bertz CT molecular complexity index is 379. The van der Waals surface area contributed by atoms with Gasteiger partial charge in [0, 0.05) is 18.8 Å². The average Bonchev–Trinajstić information content (AvgIpc) is 2.68. The number of carboxylic acids is 1. The van der Waals surface area contributed by atoms with Crippen LogP contribution in [0.3, 0.4) is 0 Å². The normalized spacial score (nSPS) is 20.6.